The molecule has 24 heavy (non-hydrogen) atoms. The topological polar surface area (TPSA) is 75.5 Å². The van der Waals surface area contributed by atoms with Gasteiger partial charge in [-0.15, -0.1) is 0 Å². The van der Waals surface area contributed by atoms with Crippen molar-refractivity contribution in [2.45, 2.75) is 44.4 Å². The van der Waals surface area contributed by atoms with Gasteiger partial charge in [-0.25, -0.2) is 4.31 Å². The zero-order valence-corrected chi connectivity index (χ0v) is 13.7. The van der Waals surface area contributed by atoms with E-state index in [0.29, 0.717) is 13.0 Å². The Morgan fingerprint density at radius 1 is 1.33 bits per heavy atom. The van der Waals surface area contributed by atoms with Crippen molar-refractivity contribution in [2.75, 3.05) is 13.1 Å². The van der Waals surface area contributed by atoms with Crippen molar-refractivity contribution in [1.29, 1.82) is 0 Å². The fourth-order valence-electron chi connectivity index (χ4n) is 2.71. The predicted octanol–water partition coefficient (Wildman–Crippen LogP) is 1.40. The molecule has 1 aromatic heterocycles. The van der Waals surface area contributed by atoms with Crippen molar-refractivity contribution in [2.24, 2.45) is 0 Å². The molecule has 11 heteroatoms. The first-order valence-electron chi connectivity index (χ1n) is 7.58. The van der Waals surface area contributed by atoms with Crippen LogP contribution in [0.3, 0.4) is 0 Å². The maximum Gasteiger partial charge on any atom is 0.435 e. The fourth-order valence-corrected chi connectivity index (χ4v) is 4.65. The van der Waals surface area contributed by atoms with E-state index in [2.05, 4.69) is 5.10 Å². The number of carbonyl (C=O) groups excluding carboxylic acids is 1. The van der Waals surface area contributed by atoms with E-state index in [0.717, 1.165) is 34.1 Å². The summed E-state index contributed by atoms with van der Waals surface area (Å²) in [5, 5.41) is 3.35. The fraction of sp³-hybridized carbons (Fsp3) is 0.692. The summed E-state index contributed by atoms with van der Waals surface area (Å²) in [7, 11) is -3.92. The summed E-state index contributed by atoms with van der Waals surface area (Å²) in [4.78, 5) is 12.5. The second kappa shape index (κ2) is 5.73. The number of alkyl halides is 3. The number of hydrogen-bond donors (Lipinski definition) is 0. The Kier molecular flexibility index (Phi) is 4.11. The minimum atomic E-state index is -4.62. The monoisotopic (exact) mass is 366 g/mol. The summed E-state index contributed by atoms with van der Waals surface area (Å²) >= 11 is 0. The van der Waals surface area contributed by atoms with Gasteiger partial charge in [-0.2, -0.15) is 31.0 Å². The molecule has 134 valence electrons. The quantitative estimate of drug-likeness (QED) is 0.811. The maximum absolute atomic E-state index is 12.6. The van der Waals surface area contributed by atoms with Crippen LogP contribution in [0, 0.1) is 0 Å². The summed E-state index contributed by atoms with van der Waals surface area (Å²) in [6.45, 7) is 1.73. The minimum Gasteiger partial charge on any atom is -0.271 e. The van der Waals surface area contributed by atoms with Crippen molar-refractivity contribution in [3.8, 4) is 0 Å². The van der Waals surface area contributed by atoms with E-state index >= 15 is 0 Å². The Hall–Kier alpha value is -1.62. The van der Waals surface area contributed by atoms with Gasteiger partial charge in [0.15, 0.2) is 5.69 Å². The van der Waals surface area contributed by atoms with E-state index in [1.807, 2.05) is 0 Å². The average Bonchev–Trinajstić information content (AvgIpc) is 3.18. The van der Waals surface area contributed by atoms with Crippen LogP contribution in [0.5, 0.6) is 0 Å². The van der Waals surface area contributed by atoms with Crippen molar-refractivity contribution >= 4 is 16.1 Å². The Labute approximate surface area is 137 Å². The minimum absolute atomic E-state index is 0.0299. The van der Waals surface area contributed by atoms with Gasteiger partial charge >= 0.3 is 16.4 Å². The van der Waals surface area contributed by atoms with E-state index < -0.39 is 34.0 Å². The summed E-state index contributed by atoms with van der Waals surface area (Å²) in [6.07, 6.45) is -1.55. The lowest BCUT2D eigenvalue weighted by atomic mass is 10.3. The van der Waals surface area contributed by atoms with E-state index in [1.54, 1.807) is 0 Å². The molecule has 2 heterocycles. The van der Waals surface area contributed by atoms with Crippen LogP contribution in [-0.2, 0) is 21.2 Å². The molecular formula is C13H17F3N4O3S. The normalized spacial score (nSPS) is 23.2. The second-order valence-electron chi connectivity index (χ2n) is 5.97. The number of nitrogens with zero attached hydrogens (tertiary/aromatic N) is 4. The van der Waals surface area contributed by atoms with Crippen LogP contribution < -0.4 is 0 Å². The van der Waals surface area contributed by atoms with Gasteiger partial charge < -0.3 is 0 Å². The van der Waals surface area contributed by atoms with Crippen molar-refractivity contribution in [3.63, 3.8) is 0 Å². The van der Waals surface area contributed by atoms with Crippen molar-refractivity contribution in [1.82, 2.24) is 18.4 Å². The first-order valence-corrected chi connectivity index (χ1v) is 8.98. The predicted molar refractivity (Wildman–Crippen MR) is 76.9 cm³/mol. The van der Waals surface area contributed by atoms with Gasteiger partial charge in [0.05, 0.1) is 0 Å². The molecule has 0 aromatic carbocycles. The molecule has 1 aromatic rings. The highest BCUT2D eigenvalue weighted by molar-refractivity contribution is 7.87. The maximum atomic E-state index is 12.6. The third-order valence-corrected chi connectivity index (χ3v) is 6.16. The average molecular weight is 366 g/mol. The van der Waals surface area contributed by atoms with Gasteiger partial charge in [0, 0.05) is 25.3 Å². The molecule has 1 saturated carbocycles. The highest BCUT2D eigenvalue weighted by atomic mass is 32.2. The Morgan fingerprint density at radius 2 is 2.00 bits per heavy atom. The molecule has 1 unspecified atom stereocenters. The van der Waals surface area contributed by atoms with Crippen LogP contribution >= 0.6 is 0 Å². The van der Waals surface area contributed by atoms with E-state index in [-0.39, 0.29) is 12.6 Å². The van der Waals surface area contributed by atoms with Gasteiger partial charge in [0.2, 0.25) is 0 Å². The molecule has 0 radical (unpaired) electrons. The van der Waals surface area contributed by atoms with Crippen LogP contribution in [0.4, 0.5) is 13.2 Å². The molecular weight excluding hydrogens is 349 g/mol. The van der Waals surface area contributed by atoms with Crippen molar-refractivity contribution in [3.05, 3.63) is 18.0 Å². The highest BCUT2D eigenvalue weighted by Crippen LogP contribution is 2.33. The van der Waals surface area contributed by atoms with Gasteiger partial charge in [0.25, 0.3) is 5.91 Å². The van der Waals surface area contributed by atoms with Crippen LogP contribution in [0.1, 0.15) is 37.9 Å². The molecule has 0 spiro atoms. The molecule has 0 N–H and O–H groups in total. The second-order valence-corrected chi connectivity index (χ2v) is 7.77. The van der Waals surface area contributed by atoms with Gasteiger partial charge in [-0.1, -0.05) is 0 Å². The summed E-state index contributed by atoms with van der Waals surface area (Å²) in [6, 6.07) is -0.456. The third-order valence-electron chi connectivity index (χ3n) is 4.17. The Bertz CT molecular complexity index is 742. The Balaban J connectivity index is 1.81. The molecule has 1 amide bonds. The lowest BCUT2D eigenvalue weighted by molar-refractivity contribution is -0.142. The summed E-state index contributed by atoms with van der Waals surface area (Å²) in [5.74, 6) is -0.780. The number of amides is 1. The van der Waals surface area contributed by atoms with Crippen molar-refractivity contribution < 1.29 is 26.4 Å². The lowest BCUT2D eigenvalue weighted by Gasteiger charge is -2.35. The van der Waals surface area contributed by atoms with Crippen LogP contribution in [0.2, 0.25) is 0 Å². The smallest absolute Gasteiger partial charge is 0.271 e. The molecule has 1 saturated heterocycles. The number of halogens is 3. The molecule has 2 fully saturated rings. The van der Waals surface area contributed by atoms with Gasteiger partial charge in [0.1, 0.15) is 6.04 Å². The first-order chi connectivity index (χ1) is 11.1. The molecule has 1 aliphatic carbocycles. The van der Waals surface area contributed by atoms with E-state index in [4.69, 9.17) is 0 Å². The molecule has 1 atom stereocenters. The van der Waals surface area contributed by atoms with Gasteiger partial charge in [-0.05, 0) is 32.3 Å². The highest BCUT2D eigenvalue weighted by Gasteiger charge is 2.45. The molecule has 0 bridgehead atoms. The van der Waals surface area contributed by atoms with Crippen LogP contribution in [-0.4, -0.2) is 51.8 Å². The Morgan fingerprint density at radius 3 is 2.54 bits per heavy atom. The third kappa shape index (κ3) is 3.02. The zero-order valence-electron chi connectivity index (χ0n) is 12.9. The first kappa shape index (κ1) is 17.2. The van der Waals surface area contributed by atoms with E-state index in [9.17, 15) is 26.4 Å². The largest absolute Gasteiger partial charge is 0.435 e. The standard InChI is InChI=1S/C13H17F3N4O3S/c1-9(18-8-5-11(17-18)13(14,15)16)12(21)20-7-2-6-19(10-3-4-10)24(20,22)23/h5,8-10H,2-4,6-7H2,1H3. The zero-order chi connectivity index (χ0) is 17.7. The summed E-state index contributed by atoms with van der Waals surface area (Å²) < 4.78 is 65.9. The lowest BCUT2D eigenvalue weighted by Crippen LogP contribution is -2.54. The van der Waals surface area contributed by atoms with Gasteiger partial charge in [-0.3, -0.25) is 9.48 Å². The number of rotatable bonds is 3. The number of carbonyl (C=O) groups is 1. The van der Waals surface area contributed by atoms with Crippen LogP contribution in [0.25, 0.3) is 0 Å². The molecule has 1 aliphatic heterocycles. The number of hydrogen-bond acceptors (Lipinski definition) is 4. The molecule has 2 aliphatic rings. The number of aromatic nitrogens is 2. The van der Waals surface area contributed by atoms with E-state index in [1.165, 1.54) is 11.2 Å². The van der Waals surface area contributed by atoms with Crippen LogP contribution in [0.15, 0.2) is 12.3 Å². The molecule has 3 rings (SSSR count). The molecule has 7 nitrogen and oxygen atoms in total. The SMILES string of the molecule is CC(C(=O)N1CCCN(C2CC2)S1(=O)=O)n1ccc(C(F)(F)F)n1. The summed E-state index contributed by atoms with van der Waals surface area (Å²) in [5.41, 5.74) is -1.12.